The lowest BCUT2D eigenvalue weighted by Crippen LogP contribution is -1.96. The molecule has 1 N–H and O–H groups in total. The molecule has 0 aromatic carbocycles. The van der Waals surface area contributed by atoms with Crippen LogP contribution in [0.15, 0.2) is 0 Å². The fourth-order valence-electron chi connectivity index (χ4n) is 0.905. The highest BCUT2D eigenvalue weighted by Crippen LogP contribution is 1.94. The Morgan fingerprint density at radius 1 is 1.39 bits per heavy atom. The molecule has 6 nitrogen and oxygen atoms in total. The molecule has 0 aromatic heterocycles. The minimum Gasteiger partial charge on any atom is -0.481 e. The largest absolute Gasteiger partial charge is 0.481 e. The Bertz CT molecular complexity index is 275. The van der Waals surface area contributed by atoms with Gasteiger partial charge in [0.05, 0.1) is 12.7 Å². The summed E-state index contributed by atoms with van der Waals surface area (Å²) < 4.78 is 4.34. The second-order valence-corrected chi connectivity index (χ2v) is 3.31. The van der Waals surface area contributed by atoms with Crippen molar-refractivity contribution in [3.05, 3.63) is 11.4 Å². The van der Waals surface area contributed by atoms with E-state index in [1.165, 1.54) is 0 Å². The van der Waals surface area contributed by atoms with Gasteiger partial charge in [0.25, 0.3) is 6.47 Å². The summed E-state index contributed by atoms with van der Waals surface area (Å²) in [7, 11) is 0. The summed E-state index contributed by atoms with van der Waals surface area (Å²) in [6.07, 6.45) is 3.65. The highest BCUT2D eigenvalue weighted by Gasteiger charge is 1.95. The van der Waals surface area contributed by atoms with Gasteiger partial charge >= 0.3 is 5.97 Å². The molecule has 0 heterocycles. The summed E-state index contributed by atoms with van der Waals surface area (Å²) in [6.45, 7) is 7.63. The van der Waals surface area contributed by atoms with Crippen molar-refractivity contribution in [2.24, 2.45) is 0 Å². The van der Waals surface area contributed by atoms with Crippen LogP contribution >= 0.6 is 0 Å². The Kier molecular flexibility index (Phi) is 17.6. The third kappa shape index (κ3) is 23.6. The van der Waals surface area contributed by atoms with Gasteiger partial charge in [-0.3, -0.25) is 9.59 Å². The van der Waals surface area contributed by atoms with E-state index >= 15 is 0 Å². The van der Waals surface area contributed by atoms with Crippen molar-refractivity contribution in [3.8, 4) is 6.07 Å². The topological polar surface area (TPSA) is 91.8 Å². The Morgan fingerprint density at radius 3 is 2.61 bits per heavy atom. The first-order valence-corrected chi connectivity index (χ1v) is 5.66. The summed E-state index contributed by atoms with van der Waals surface area (Å²) in [4.78, 5) is 22.6. The van der Waals surface area contributed by atoms with E-state index < -0.39 is 5.97 Å². The smallest absolute Gasteiger partial charge is 0.303 e. The van der Waals surface area contributed by atoms with Crippen LogP contribution in [0, 0.1) is 17.9 Å². The van der Waals surface area contributed by atoms with Crippen molar-refractivity contribution < 1.29 is 19.4 Å². The maximum Gasteiger partial charge on any atom is 0.303 e. The van der Waals surface area contributed by atoms with Crippen molar-refractivity contribution in [2.45, 2.75) is 38.5 Å². The lowest BCUT2D eigenvalue weighted by molar-refractivity contribution is -0.137. The molecule has 18 heavy (non-hydrogen) atoms. The number of nitriles is 1. The number of ether oxygens (including phenoxy) is 1. The molecule has 0 amide bonds. The van der Waals surface area contributed by atoms with E-state index in [0.717, 1.165) is 12.8 Å². The quantitative estimate of drug-likeness (QED) is 0.386. The highest BCUT2D eigenvalue weighted by molar-refractivity contribution is 5.66. The van der Waals surface area contributed by atoms with Crippen LogP contribution in [0.4, 0.5) is 0 Å². The Balaban J connectivity index is 0. The van der Waals surface area contributed by atoms with Crippen molar-refractivity contribution in [2.75, 3.05) is 13.2 Å². The normalized spacial score (nSPS) is 8.11. The van der Waals surface area contributed by atoms with Crippen LogP contribution < -0.4 is 0 Å². The molecule has 0 spiro atoms. The highest BCUT2D eigenvalue weighted by atomic mass is 16.5. The van der Waals surface area contributed by atoms with Crippen molar-refractivity contribution >= 4 is 12.4 Å². The van der Waals surface area contributed by atoms with E-state index in [2.05, 4.69) is 9.58 Å². The van der Waals surface area contributed by atoms with Gasteiger partial charge in [0.2, 0.25) is 6.54 Å². The number of hydrogen-bond donors (Lipinski definition) is 1. The standard InChI is InChI=1S/C6H8N2.C6H10O4/c1-8-6-4-2-3-5-7;7-5-10-4-2-1-3-6(8)9/h2-4,6H2;5H,1-4H2,(H,8,9). The fraction of sp³-hybridized carbons (Fsp3) is 0.667. The lowest BCUT2D eigenvalue weighted by atomic mass is 10.2. The number of rotatable bonds is 9. The summed E-state index contributed by atoms with van der Waals surface area (Å²) in [6, 6.07) is 2.02. The van der Waals surface area contributed by atoms with Crippen LogP contribution in [-0.2, 0) is 14.3 Å². The summed E-state index contributed by atoms with van der Waals surface area (Å²) in [5, 5.41) is 16.2. The molecule has 0 aromatic rings. The van der Waals surface area contributed by atoms with E-state index in [1.54, 1.807) is 0 Å². The van der Waals surface area contributed by atoms with E-state index in [-0.39, 0.29) is 6.42 Å². The SMILES string of the molecule is O=COCCCCC(=O)O.[C-]#[N+]CCCCC#N. The van der Waals surface area contributed by atoms with Gasteiger partial charge in [-0.1, -0.05) is 0 Å². The molecule has 0 atom stereocenters. The number of hydrogen-bond acceptors (Lipinski definition) is 4. The maximum absolute atomic E-state index is 9.92. The van der Waals surface area contributed by atoms with Crippen LogP contribution in [0.3, 0.4) is 0 Å². The summed E-state index contributed by atoms with van der Waals surface area (Å²) in [5.41, 5.74) is 0. The first-order chi connectivity index (χ1) is 8.68. The average Bonchev–Trinajstić information content (AvgIpc) is 2.35. The van der Waals surface area contributed by atoms with Gasteiger partial charge in [-0.2, -0.15) is 5.26 Å². The predicted molar refractivity (Wildman–Crippen MR) is 64.4 cm³/mol. The van der Waals surface area contributed by atoms with Gasteiger partial charge in [-0.25, -0.2) is 6.57 Å². The van der Waals surface area contributed by atoms with Crippen molar-refractivity contribution in [3.63, 3.8) is 0 Å². The molecule has 0 saturated carbocycles. The molecule has 0 bridgehead atoms. The molecule has 6 heteroatoms. The Labute approximate surface area is 107 Å². The summed E-state index contributed by atoms with van der Waals surface area (Å²) >= 11 is 0. The zero-order valence-corrected chi connectivity index (χ0v) is 10.3. The molecule has 0 aliphatic heterocycles. The molecular formula is C12H18N2O4. The van der Waals surface area contributed by atoms with Crippen LogP contribution in [0.1, 0.15) is 38.5 Å². The van der Waals surface area contributed by atoms with Crippen molar-refractivity contribution in [1.82, 2.24) is 0 Å². The Morgan fingerprint density at radius 2 is 2.11 bits per heavy atom. The number of nitrogens with zero attached hydrogens (tertiary/aromatic N) is 2. The van der Waals surface area contributed by atoms with Crippen LogP contribution in [0.5, 0.6) is 0 Å². The number of carbonyl (C=O) groups excluding carboxylic acids is 1. The maximum atomic E-state index is 9.92. The minimum absolute atomic E-state index is 0.141. The fourth-order valence-corrected chi connectivity index (χ4v) is 0.905. The van der Waals surface area contributed by atoms with Gasteiger partial charge in [0.1, 0.15) is 0 Å². The number of unbranched alkanes of at least 4 members (excludes halogenated alkanes) is 3. The second-order valence-electron chi connectivity index (χ2n) is 3.31. The van der Waals surface area contributed by atoms with E-state index in [9.17, 15) is 9.59 Å². The van der Waals surface area contributed by atoms with Gasteiger partial charge in [-0.05, 0) is 19.3 Å². The molecule has 0 saturated heterocycles. The van der Waals surface area contributed by atoms with Crippen LogP contribution in [0.25, 0.3) is 4.85 Å². The lowest BCUT2D eigenvalue weighted by Gasteiger charge is -1.95. The molecular weight excluding hydrogens is 236 g/mol. The molecule has 100 valence electrons. The first-order valence-electron chi connectivity index (χ1n) is 5.66. The molecule has 0 aliphatic carbocycles. The van der Waals surface area contributed by atoms with E-state index in [0.29, 0.717) is 38.9 Å². The third-order valence-corrected chi connectivity index (χ3v) is 1.78. The van der Waals surface area contributed by atoms with E-state index in [4.69, 9.17) is 16.9 Å². The molecule has 0 aliphatic rings. The zero-order valence-electron chi connectivity index (χ0n) is 10.3. The summed E-state index contributed by atoms with van der Waals surface area (Å²) in [5.74, 6) is -0.814. The van der Waals surface area contributed by atoms with Crippen LogP contribution in [0.2, 0.25) is 0 Å². The van der Waals surface area contributed by atoms with E-state index in [1.807, 2.05) is 6.07 Å². The van der Waals surface area contributed by atoms with Gasteiger partial charge in [0.15, 0.2) is 0 Å². The number of carboxylic acid groups (broad SMARTS) is 1. The number of aliphatic carboxylic acids is 1. The minimum atomic E-state index is -0.814. The van der Waals surface area contributed by atoms with Crippen LogP contribution in [-0.4, -0.2) is 30.7 Å². The average molecular weight is 254 g/mol. The molecule has 0 unspecified atom stereocenters. The van der Waals surface area contributed by atoms with Gasteiger partial charge < -0.3 is 14.7 Å². The second kappa shape index (κ2) is 17.3. The predicted octanol–water partition coefficient (Wildman–Crippen LogP) is 2.01. The molecule has 0 fully saturated rings. The molecule has 0 rings (SSSR count). The molecule has 0 radical (unpaired) electrons. The van der Waals surface area contributed by atoms with Gasteiger partial charge in [-0.15, -0.1) is 0 Å². The van der Waals surface area contributed by atoms with Gasteiger partial charge in [0, 0.05) is 19.3 Å². The number of carbonyl (C=O) groups is 2. The Hall–Kier alpha value is -2.08. The third-order valence-electron chi connectivity index (χ3n) is 1.78. The van der Waals surface area contributed by atoms with Crippen molar-refractivity contribution in [1.29, 1.82) is 5.26 Å². The monoisotopic (exact) mass is 254 g/mol. The number of carboxylic acids is 1. The zero-order chi connectivity index (χ0) is 14.1. The first kappa shape index (κ1) is 18.3.